The summed E-state index contributed by atoms with van der Waals surface area (Å²) in [5, 5.41) is 10.6. The molecule has 0 aliphatic rings. The molecule has 0 saturated heterocycles. The van der Waals surface area contributed by atoms with E-state index in [1.807, 2.05) is 30.3 Å². The Balaban J connectivity index is 1.72. The molecular formula is C26H19F6NO2. The van der Waals surface area contributed by atoms with E-state index >= 15 is 0 Å². The molecule has 0 unspecified atom stereocenters. The molecule has 0 radical (unpaired) electrons. The van der Waals surface area contributed by atoms with Crippen molar-refractivity contribution < 1.29 is 36.2 Å². The zero-order chi connectivity index (χ0) is 25.4. The fraction of sp³-hybridized carbons (Fsp3) is 0.154. The molecule has 0 bridgehead atoms. The SMILES string of the molecule is C=C(O)c1cc2cc(OCc3ccccc3)ccc2n1Cc1ccc(C(F)(F)F)cc1C(F)(F)F. The van der Waals surface area contributed by atoms with Gasteiger partial charge in [0.25, 0.3) is 0 Å². The molecule has 0 atom stereocenters. The highest BCUT2D eigenvalue weighted by Gasteiger charge is 2.38. The van der Waals surface area contributed by atoms with Crippen LogP contribution in [0.25, 0.3) is 16.7 Å². The van der Waals surface area contributed by atoms with Gasteiger partial charge in [0, 0.05) is 17.4 Å². The normalized spacial score (nSPS) is 12.2. The van der Waals surface area contributed by atoms with E-state index in [0.717, 1.165) is 11.6 Å². The number of nitrogens with zero attached hydrogens (tertiary/aromatic N) is 1. The van der Waals surface area contributed by atoms with Crippen molar-refractivity contribution in [2.75, 3.05) is 0 Å². The van der Waals surface area contributed by atoms with E-state index in [9.17, 15) is 31.4 Å². The molecule has 0 saturated carbocycles. The average molecular weight is 491 g/mol. The predicted molar refractivity (Wildman–Crippen MR) is 120 cm³/mol. The lowest BCUT2D eigenvalue weighted by Gasteiger charge is -2.18. The smallest absolute Gasteiger partial charge is 0.416 e. The number of rotatable bonds is 6. The van der Waals surface area contributed by atoms with E-state index in [1.54, 1.807) is 18.2 Å². The Morgan fingerprint density at radius 3 is 2.20 bits per heavy atom. The van der Waals surface area contributed by atoms with Crippen LogP contribution in [0.2, 0.25) is 0 Å². The molecular weight excluding hydrogens is 472 g/mol. The maximum atomic E-state index is 13.6. The number of hydrogen-bond donors (Lipinski definition) is 1. The molecule has 0 aliphatic carbocycles. The van der Waals surface area contributed by atoms with Crippen molar-refractivity contribution in [3.05, 3.63) is 107 Å². The fourth-order valence-electron chi connectivity index (χ4n) is 3.81. The molecule has 1 N–H and O–H groups in total. The van der Waals surface area contributed by atoms with Crippen molar-refractivity contribution in [3.63, 3.8) is 0 Å². The molecule has 1 aromatic heterocycles. The van der Waals surface area contributed by atoms with Crippen molar-refractivity contribution in [2.24, 2.45) is 0 Å². The summed E-state index contributed by atoms with van der Waals surface area (Å²) in [6.45, 7) is 3.34. The lowest BCUT2D eigenvalue weighted by molar-refractivity contribution is -0.143. The Bertz CT molecular complexity index is 1370. The number of aromatic nitrogens is 1. The molecule has 9 heteroatoms. The largest absolute Gasteiger partial charge is 0.506 e. The zero-order valence-corrected chi connectivity index (χ0v) is 18.1. The van der Waals surface area contributed by atoms with Crippen molar-refractivity contribution >= 4 is 16.7 Å². The Morgan fingerprint density at radius 1 is 0.857 bits per heavy atom. The summed E-state index contributed by atoms with van der Waals surface area (Å²) in [6.07, 6.45) is -9.92. The number of alkyl halides is 6. The standard InChI is InChI=1S/C26H19F6NO2/c1-16(34)24-12-19-11-21(35-15-17-5-3-2-4-6-17)9-10-23(19)33(24)14-18-7-8-20(25(27,28)29)13-22(18)26(30,31)32/h2-13,34H,1,14-15H2. The highest BCUT2D eigenvalue weighted by molar-refractivity contribution is 5.86. The number of benzene rings is 3. The van der Waals surface area contributed by atoms with Gasteiger partial charge in [0.15, 0.2) is 0 Å². The molecule has 3 nitrogen and oxygen atoms in total. The third-order valence-corrected chi connectivity index (χ3v) is 5.49. The van der Waals surface area contributed by atoms with Crippen LogP contribution in [-0.4, -0.2) is 9.67 Å². The van der Waals surface area contributed by atoms with Gasteiger partial charge in [-0.25, -0.2) is 0 Å². The highest BCUT2D eigenvalue weighted by Crippen LogP contribution is 2.38. The topological polar surface area (TPSA) is 34.4 Å². The first-order valence-electron chi connectivity index (χ1n) is 10.4. The first-order chi connectivity index (χ1) is 16.4. The molecule has 0 amide bonds. The van der Waals surface area contributed by atoms with E-state index < -0.39 is 35.8 Å². The van der Waals surface area contributed by atoms with Crippen molar-refractivity contribution in [3.8, 4) is 5.75 Å². The van der Waals surface area contributed by atoms with Crippen LogP contribution in [-0.2, 0) is 25.5 Å². The maximum Gasteiger partial charge on any atom is 0.416 e. The minimum absolute atomic E-state index is 0.101. The molecule has 182 valence electrons. The molecule has 0 aliphatic heterocycles. The van der Waals surface area contributed by atoms with Gasteiger partial charge in [-0.15, -0.1) is 0 Å². The molecule has 0 fully saturated rings. The molecule has 35 heavy (non-hydrogen) atoms. The Kier molecular flexibility index (Phi) is 6.27. The van der Waals surface area contributed by atoms with Crippen LogP contribution in [0, 0.1) is 0 Å². The van der Waals surface area contributed by atoms with Gasteiger partial charge >= 0.3 is 12.4 Å². The summed E-state index contributed by atoms with van der Waals surface area (Å²) >= 11 is 0. The lowest BCUT2D eigenvalue weighted by atomic mass is 10.0. The highest BCUT2D eigenvalue weighted by atomic mass is 19.4. The fourth-order valence-corrected chi connectivity index (χ4v) is 3.81. The van der Waals surface area contributed by atoms with Crippen molar-refractivity contribution in [2.45, 2.75) is 25.5 Å². The number of aliphatic hydroxyl groups excluding tert-OH is 1. The molecule has 4 aromatic rings. The minimum atomic E-state index is -5.01. The second-order valence-corrected chi connectivity index (χ2v) is 7.92. The summed E-state index contributed by atoms with van der Waals surface area (Å²) in [6, 6.07) is 17.4. The predicted octanol–water partition coefficient (Wildman–Crippen LogP) is 7.83. The summed E-state index contributed by atoms with van der Waals surface area (Å²) < 4.78 is 87.1. The van der Waals surface area contributed by atoms with Crippen LogP contribution in [0.1, 0.15) is 27.9 Å². The summed E-state index contributed by atoms with van der Waals surface area (Å²) in [4.78, 5) is 0. The van der Waals surface area contributed by atoms with Crippen LogP contribution in [0.3, 0.4) is 0 Å². The maximum absolute atomic E-state index is 13.6. The quantitative estimate of drug-likeness (QED) is 0.220. The molecule has 0 spiro atoms. The van der Waals surface area contributed by atoms with Gasteiger partial charge in [-0.2, -0.15) is 26.3 Å². The summed E-state index contributed by atoms with van der Waals surface area (Å²) in [5.41, 5.74) is -1.64. The molecule has 1 heterocycles. The van der Waals surface area contributed by atoms with E-state index in [-0.39, 0.29) is 17.3 Å². The monoisotopic (exact) mass is 491 g/mol. The lowest BCUT2D eigenvalue weighted by Crippen LogP contribution is -2.15. The average Bonchev–Trinajstić information content (AvgIpc) is 3.15. The van der Waals surface area contributed by atoms with E-state index in [0.29, 0.717) is 29.3 Å². The summed E-state index contributed by atoms with van der Waals surface area (Å²) in [7, 11) is 0. The third-order valence-electron chi connectivity index (χ3n) is 5.49. The van der Waals surface area contributed by atoms with E-state index in [1.165, 1.54) is 10.6 Å². The molecule has 3 aromatic carbocycles. The zero-order valence-electron chi connectivity index (χ0n) is 18.1. The van der Waals surface area contributed by atoms with Crippen LogP contribution >= 0.6 is 0 Å². The number of halogens is 6. The van der Waals surface area contributed by atoms with Gasteiger partial charge in [-0.1, -0.05) is 43.0 Å². The minimum Gasteiger partial charge on any atom is -0.506 e. The van der Waals surface area contributed by atoms with Gasteiger partial charge in [-0.05, 0) is 47.5 Å². The van der Waals surface area contributed by atoms with Crippen LogP contribution in [0.4, 0.5) is 26.3 Å². The van der Waals surface area contributed by atoms with Gasteiger partial charge < -0.3 is 14.4 Å². The van der Waals surface area contributed by atoms with Gasteiger partial charge in [-0.3, -0.25) is 0 Å². The second kappa shape index (κ2) is 9.05. The number of fused-ring (bicyclic) bond motifs is 1. The Morgan fingerprint density at radius 2 is 1.57 bits per heavy atom. The Labute approximate surface area is 196 Å². The number of aliphatic hydroxyl groups is 1. The Hall–Kier alpha value is -3.88. The van der Waals surface area contributed by atoms with Gasteiger partial charge in [0.2, 0.25) is 0 Å². The first-order valence-corrected chi connectivity index (χ1v) is 10.4. The van der Waals surface area contributed by atoms with Gasteiger partial charge in [0.05, 0.1) is 16.8 Å². The summed E-state index contributed by atoms with van der Waals surface area (Å²) in [5.74, 6) is 0.104. The van der Waals surface area contributed by atoms with Crippen LogP contribution in [0.15, 0.2) is 79.4 Å². The number of hydrogen-bond acceptors (Lipinski definition) is 2. The second-order valence-electron chi connectivity index (χ2n) is 7.92. The van der Waals surface area contributed by atoms with Crippen LogP contribution in [0.5, 0.6) is 5.75 Å². The molecule has 4 rings (SSSR count). The van der Waals surface area contributed by atoms with E-state index in [2.05, 4.69) is 6.58 Å². The number of ether oxygens (including phenoxy) is 1. The van der Waals surface area contributed by atoms with Crippen molar-refractivity contribution in [1.29, 1.82) is 0 Å². The van der Waals surface area contributed by atoms with Crippen molar-refractivity contribution in [1.82, 2.24) is 4.57 Å². The first kappa shape index (κ1) is 24.3. The van der Waals surface area contributed by atoms with Gasteiger partial charge in [0.1, 0.15) is 18.1 Å². The van der Waals surface area contributed by atoms with Crippen LogP contribution < -0.4 is 4.74 Å². The van der Waals surface area contributed by atoms with E-state index in [4.69, 9.17) is 4.74 Å². The third kappa shape index (κ3) is 5.29.